The highest BCUT2D eigenvalue weighted by Gasteiger charge is 2.22. The number of anilines is 1. The molecule has 0 radical (unpaired) electrons. The number of nitrogens with two attached hydrogens (primary N) is 1. The Labute approximate surface area is 91.1 Å². The van der Waals surface area contributed by atoms with Crippen LogP contribution in [0, 0.1) is 0 Å². The lowest BCUT2D eigenvalue weighted by molar-refractivity contribution is 0.397. The van der Waals surface area contributed by atoms with E-state index < -0.39 is 0 Å². The average molecular weight is 209 g/mol. The third-order valence-corrected chi connectivity index (χ3v) is 2.72. The van der Waals surface area contributed by atoms with Crippen molar-refractivity contribution in [2.24, 2.45) is 5.73 Å². The highest BCUT2D eigenvalue weighted by molar-refractivity contribution is 5.49. The van der Waals surface area contributed by atoms with Crippen LogP contribution < -0.4 is 15.4 Å². The van der Waals surface area contributed by atoms with Gasteiger partial charge in [0.2, 0.25) is 5.88 Å². The number of hydrogen-bond acceptors (Lipinski definition) is 4. The molecule has 0 atom stereocenters. The van der Waals surface area contributed by atoms with E-state index in [0.29, 0.717) is 12.4 Å². The highest BCUT2D eigenvalue weighted by Crippen LogP contribution is 2.23. The maximum atomic E-state index is 5.73. The Morgan fingerprint density at radius 2 is 2.20 bits per heavy atom. The van der Waals surface area contributed by atoms with Gasteiger partial charge in [0, 0.05) is 37.1 Å². The van der Waals surface area contributed by atoms with Crippen molar-refractivity contribution in [2.75, 3.05) is 25.6 Å². The Morgan fingerprint density at radius 3 is 2.73 bits per heavy atom. The number of nitrogens with zero attached hydrogens (tertiary/aromatic N) is 2. The zero-order valence-electron chi connectivity index (χ0n) is 9.82. The molecule has 84 valence electrons. The molecule has 0 spiro atoms. The number of pyridine rings is 1. The van der Waals surface area contributed by atoms with Gasteiger partial charge in [-0.2, -0.15) is 0 Å². The van der Waals surface area contributed by atoms with Gasteiger partial charge in [0.1, 0.15) is 0 Å². The van der Waals surface area contributed by atoms with Gasteiger partial charge in [-0.05, 0) is 19.9 Å². The van der Waals surface area contributed by atoms with Crippen molar-refractivity contribution in [2.45, 2.75) is 19.4 Å². The maximum Gasteiger partial charge on any atom is 0.214 e. The van der Waals surface area contributed by atoms with Crippen molar-refractivity contribution in [3.8, 4) is 5.88 Å². The van der Waals surface area contributed by atoms with Crippen LogP contribution in [-0.2, 0) is 0 Å². The molecule has 4 nitrogen and oxygen atoms in total. The van der Waals surface area contributed by atoms with Gasteiger partial charge in [0.05, 0.1) is 7.11 Å². The molecule has 0 aliphatic heterocycles. The SMILES string of the molecule is COc1cc(N(C)C(C)(C)CN)ccn1. The van der Waals surface area contributed by atoms with Crippen LogP contribution in [-0.4, -0.2) is 31.2 Å². The van der Waals surface area contributed by atoms with Gasteiger partial charge >= 0.3 is 0 Å². The lowest BCUT2D eigenvalue weighted by atomic mass is 10.0. The second kappa shape index (κ2) is 4.49. The molecule has 0 aliphatic rings. The van der Waals surface area contributed by atoms with Gasteiger partial charge in [-0.15, -0.1) is 0 Å². The zero-order chi connectivity index (χ0) is 11.5. The van der Waals surface area contributed by atoms with Gasteiger partial charge in [0.25, 0.3) is 0 Å². The molecule has 15 heavy (non-hydrogen) atoms. The average Bonchev–Trinajstić information content (AvgIpc) is 2.28. The van der Waals surface area contributed by atoms with Crippen molar-refractivity contribution in [3.05, 3.63) is 18.3 Å². The fraction of sp³-hybridized carbons (Fsp3) is 0.545. The molecule has 0 saturated heterocycles. The van der Waals surface area contributed by atoms with E-state index in [0.717, 1.165) is 5.69 Å². The Bertz CT molecular complexity index is 325. The number of hydrogen-bond donors (Lipinski definition) is 1. The van der Waals surface area contributed by atoms with E-state index in [2.05, 4.69) is 23.7 Å². The van der Waals surface area contributed by atoms with E-state index in [4.69, 9.17) is 10.5 Å². The van der Waals surface area contributed by atoms with Crippen molar-refractivity contribution in [1.29, 1.82) is 0 Å². The quantitative estimate of drug-likeness (QED) is 0.811. The predicted octanol–water partition coefficient (Wildman–Crippen LogP) is 1.26. The third-order valence-electron chi connectivity index (χ3n) is 2.72. The molecule has 0 bridgehead atoms. The summed E-state index contributed by atoms with van der Waals surface area (Å²) in [6.07, 6.45) is 1.73. The summed E-state index contributed by atoms with van der Waals surface area (Å²) in [6.45, 7) is 4.79. The van der Waals surface area contributed by atoms with Gasteiger partial charge in [-0.3, -0.25) is 0 Å². The fourth-order valence-electron chi connectivity index (χ4n) is 1.21. The molecule has 1 aromatic rings. The van der Waals surface area contributed by atoms with Crippen LogP contribution in [0.25, 0.3) is 0 Å². The molecule has 0 amide bonds. The number of ether oxygens (including phenoxy) is 1. The second-order valence-electron chi connectivity index (χ2n) is 4.13. The summed E-state index contributed by atoms with van der Waals surface area (Å²) in [5.74, 6) is 0.618. The molecular formula is C11H19N3O. The van der Waals surface area contributed by atoms with Crippen molar-refractivity contribution in [3.63, 3.8) is 0 Å². The first-order chi connectivity index (χ1) is 7.01. The number of aromatic nitrogens is 1. The summed E-state index contributed by atoms with van der Waals surface area (Å²) >= 11 is 0. The maximum absolute atomic E-state index is 5.73. The van der Waals surface area contributed by atoms with E-state index in [1.807, 2.05) is 19.2 Å². The highest BCUT2D eigenvalue weighted by atomic mass is 16.5. The fourth-order valence-corrected chi connectivity index (χ4v) is 1.21. The Balaban J connectivity index is 2.95. The number of rotatable bonds is 4. The Hall–Kier alpha value is -1.29. The smallest absolute Gasteiger partial charge is 0.214 e. The first kappa shape index (κ1) is 11.8. The van der Waals surface area contributed by atoms with Crippen LogP contribution in [0.4, 0.5) is 5.69 Å². The van der Waals surface area contributed by atoms with Crippen LogP contribution in [0.5, 0.6) is 5.88 Å². The standard InChI is InChI=1S/C11H19N3O/c1-11(2,8-12)14(3)9-5-6-13-10(7-9)15-4/h5-7H,8,12H2,1-4H3. The first-order valence-electron chi connectivity index (χ1n) is 4.95. The second-order valence-corrected chi connectivity index (χ2v) is 4.13. The van der Waals surface area contributed by atoms with Crippen molar-refractivity contribution < 1.29 is 4.74 Å². The van der Waals surface area contributed by atoms with Crippen LogP contribution in [0.15, 0.2) is 18.3 Å². The van der Waals surface area contributed by atoms with E-state index in [9.17, 15) is 0 Å². The molecule has 0 saturated carbocycles. The molecular weight excluding hydrogens is 190 g/mol. The van der Waals surface area contributed by atoms with Crippen molar-refractivity contribution >= 4 is 5.69 Å². The van der Waals surface area contributed by atoms with E-state index in [-0.39, 0.29) is 5.54 Å². The molecule has 0 fully saturated rings. The van der Waals surface area contributed by atoms with Gasteiger partial charge < -0.3 is 15.4 Å². The number of methoxy groups -OCH3 is 1. The predicted molar refractivity (Wildman–Crippen MR) is 62.3 cm³/mol. The van der Waals surface area contributed by atoms with Gasteiger partial charge in [0.15, 0.2) is 0 Å². The first-order valence-corrected chi connectivity index (χ1v) is 4.95. The summed E-state index contributed by atoms with van der Waals surface area (Å²) < 4.78 is 5.08. The normalized spacial score (nSPS) is 11.3. The molecule has 1 aromatic heterocycles. The molecule has 4 heteroatoms. The number of likely N-dealkylation sites (N-methyl/N-ethyl adjacent to an activating group) is 1. The summed E-state index contributed by atoms with van der Waals surface area (Å²) in [7, 11) is 3.63. The van der Waals surface area contributed by atoms with Gasteiger partial charge in [-0.1, -0.05) is 0 Å². The van der Waals surface area contributed by atoms with E-state index in [1.165, 1.54) is 0 Å². The lowest BCUT2D eigenvalue weighted by Crippen LogP contribution is -2.47. The monoisotopic (exact) mass is 209 g/mol. The zero-order valence-corrected chi connectivity index (χ0v) is 9.82. The summed E-state index contributed by atoms with van der Waals surface area (Å²) in [4.78, 5) is 6.19. The van der Waals surface area contributed by atoms with E-state index >= 15 is 0 Å². The van der Waals surface area contributed by atoms with Gasteiger partial charge in [-0.25, -0.2) is 4.98 Å². The largest absolute Gasteiger partial charge is 0.481 e. The molecule has 1 heterocycles. The minimum absolute atomic E-state index is 0.0770. The van der Waals surface area contributed by atoms with Crippen LogP contribution in [0.1, 0.15) is 13.8 Å². The van der Waals surface area contributed by atoms with Crippen LogP contribution in [0.3, 0.4) is 0 Å². The lowest BCUT2D eigenvalue weighted by Gasteiger charge is -2.36. The topological polar surface area (TPSA) is 51.4 Å². The molecule has 2 N–H and O–H groups in total. The Kier molecular flexibility index (Phi) is 3.52. The van der Waals surface area contributed by atoms with Crippen LogP contribution in [0.2, 0.25) is 0 Å². The van der Waals surface area contributed by atoms with Crippen molar-refractivity contribution in [1.82, 2.24) is 4.98 Å². The minimum Gasteiger partial charge on any atom is -0.481 e. The van der Waals surface area contributed by atoms with Crippen LogP contribution >= 0.6 is 0 Å². The molecule has 0 unspecified atom stereocenters. The summed E-state index contributed by atoms with van der Waals surface area (Å²) in [5.41, 5.74) is 6.70. The molecule has 0 aromatic carbocycles. The third kappa shape index (κ3) is 2.59. The van der Waals surface area contributed by atoms with E-state index in [1.54, 1.807) is 13.3 Å². The Morgan fingerprint density at radius 1 is 1.53 bits per heavy atom. The molecule has 1 rings (SSSR count). The minimum atomic E-state index is -0.0770. The summed E-state index contributed by atoms with van der Waals surface area (Å²) in [5, 5.41) is 0. The molecule has 0 aliphatic carbocycles. The summed E-state index contributed by atoms with van der Waals surface area (Å²) in [6, 6.07) is 3.84.